The van der Waals surface area contributed by atoms with Crippen LogP contribution in [0.25, 0.3) is 0 Å². The predicted octanol–water partition coefficient (Wildman–Crippen LogP) is 3.45. The van der Waals surface area contributed by atoms with Crippen LogP contribution in [-0.4, -0.2) is 0 Å². The van der Waals surface area contributed by atoms with Crippen LogP contribution in [0.2, 0.25) is 0 Å². The predicted molar refractivity (Wildman–Crippen MR) is 95.9 cm³/mol. The third-order valence-corrected chi connectivity index (χ3v) is 4.71. The number of aryl methyl sites for hydroxylation is 1. The molecule has 0 saturated carbocycles. The van der Waals surface area contributed by atoms with E-state index in [0.717, 1.165) is 22.5 Å². The van der Waals surface area contributed by atoms with E-state index in [1.807, 2.05) is 55.5 Å². The van der Waals surface area contributed by atoms with E-state index in [0.29, 0.717) is 22.8 Å². The lowest BCUT2D eigenvalue weighted by Gasteiger charge is -2.32. The first-order valence-corrected chi connectivity index (χ1v) is 7.93. The molecule has 4 rings (SSSR count). The van der Waals surface area contributed by atoms with Crippen LogP contribution in [0, 0.1) is 29.6 Å². The molecule has 1 atom stereocenters. The number of anilines is 2. The Hall–Kier alpha value is -3.70. The Balaban J connectivity index is 2.00. The number of nitrogens with two attached hydrogens (primary N) is 1. The Kier molecular flexibility index (Phi) is 3.23. The van der Waals surface area contributed by atoms with Gasteiger partial charge in [0.25, 0.3) is 0 Å². The summed E-state index contributed by atoms with van der Waals surface area (Å²) in [6.07, 6.45) is 0. The molecule has 25 heavy (non-hydrogen) atoms. The van der Waals surface area contributed by atoms with Crippen molar-refractivity contribution in [1.82, 2.24) is 0 Å². The van der Waals surface area contributed by atoms with Crippen molar-refractivity contribution >= 4 is 11.4 Å². The average molecular weight is 325 g/mol. The fourth-order valence-electron chi connectivity index (χ4n) is 3.53. The number of hydrogen-bond acceptors (Lipinski definition) is 5. The van der Waals surface area contributed by atoms with Crippen LogP contribution < -0.4 is 16.0 Å². The summed E-state index contributed by atoms with van der Waals surface area (Å²) >= 11 is 0. The molecule has 2 aliphatic rings. The number of nitrogens with zero attached hydrogens (tertiary/aromatic N) is 3. The van der Waals surface area contributed by atoms with Crippen molar-refractivity contribution in [3.63, 3.8) is 0 Å². The van der Waals surface area contributed by atoms with Crippen molar-refractivity contribution in [2.75, 3.05) is 10.2 Å². The van der Waals surface area contributed by atoms with Gasteiger partial charge in [0, 0.05) is 0 Å². The van der Waals surface area contributed by atoms with Gasteiger partial charge in [0.1, 0.15) is 11.6 Å². The second-order valence-corrected chi connectivity index (χ2v) is 6.05. The monoisotopic (exact) mass is 325 g/mol. The second-order valence-electron chi connectivity index (χ2n) is 6.05. The highest BCUT2D eigenvalue weighted by Crippen LogP contribution is 2.47. The Labute approximate surface area is 145 Å². The average Bonchev–Trinajstić information content (AvgIpc) is 3.01. The van der Waals surface area contributed by atoms with Gasteiger partial charge in [-0.3, -0.25) is 4.90 Å². The molecule has 2 aromatic rings. The molecule has 2 aliphatic heterocycles. The van der Waals surface area contributed by atoms with E-state index in [1.54, 1.807) is 4.90 Å². The van der Waals surface area contributed by atoms with Gasteiger partial charge in [-0.2, -0.15) is 10.5 Å². The Bertz CT molecular complexity index is 1030. The molecule has 5 nitrogen and oxygen atoms in total. The first kappa shape index (κ1) is 14.9. The lowest BCUT2D eigenvalue weighted by atomic mass is 9.81. The molecular weight excluding hydrogens is 310 g/mol. The van der Waals surface area contributed by atoms with Gasteiger partial charge in [-0.05, 0) is 30.2 Å². The molecule has 0 radical (unpaired) electrons. The molecule has 0 saturated heterocycles. The largest absolute Gasteiger partial charge is 0.384 e. The maximum Gasteiger partial charge on any atom is 0.131 e. The number of fused-ring (bicyclic) bond motifs is 3. The maximum atomic E-state index is 9.89. The van der Waals surface area contributed by atoms with Crippen LogP contribution in [0.5, 0.6) is 0 Å². The quantitative estimate of drug-likeness (QED) is 0.838. The highest BCUT2D eigenvalue weighted by atomic mass is 15.4. The number of rotatable bonds is 1. The van der Waals surface area contributed by atoms with Crippen LogP contribution in [-0.2, 0) is 0 Å². The molecule has 0 fully saturated rings. The van der Waals surface area contributed by atoms with E-state index in [2.05, 4.69) is 17.5 Å². The molecule has 3 N–H and O–H groups in total. The Morgan fingerprint density at radius 1 is 1.00 bits per heavy atom. The standard InChI is InChI=1S/C20H15N5/c1-12-6-2-3-7-13(12)18-14(10-21)19(23)25-17-9-5-4-8-16(17)24-20(25)15(18)11-22/h2-9,18,24H,23H2,1H3. The van der Waals surface area contributed by atoms with Crippen LogP contribution >= 0.6 is 0 Å². The Morgan fingerprint density at radius 3 is 2.40 bits per heavy atom. The molecule has 1 unspecified atom stereocenters. The molecular formula is C20H15N5. The zero-order valence-corrected chi connectivity index (χ0v) is 13.6. The smallest absolute Gasteiger partial charge is 0.131 e. The summed E-state index contributed by atoms with van der Waals surface area (Å²) in [5, 5.41) is 23.0. The molecule has 0 bridgehead atoms. The minimum absolute atomic E-state index is 0.363. The molecule has 0 aromatic heterocycles. The third kappa shape index (κ3) is 2.00. The van der Waals surface area contributed by atoms with Gasteiger partial charge in [0.15, 0.2) is 0 Å². The molecule has 0 spiro atoms. The number of hydrogen-bond donors (Lipinski definition) is 2. The first-order chi connectivity index (χ1) is 12.2. The van der Waals surface area contributed by atoms with Crippen LogP contribution in [0.4, 0.5) is 11.4 Å². The number of para-hydroxylation sites is 2. The fraction of sp³-hybridized carbons (Fsp3) is 0.100. The van der Waals surface area contributed by atoms with Gasteiger partial charge < -0.3 is 11.1 Å². The first-order valence-electron chi connectivity index (χ1n) is 7.93. The van der Waals surface area contributed by atoms with E-state index in [4.69, 9.17) is 5.73 Å². The summed E-state index contributed by atoms with van der Waals surface area (Å²) in [7, 11) is 0. The van der Waals surface area contributed by atoms with E-state index >= 15 is 0 Å². The van der Waals surface area contributed by atoms with E-state index in [1.165, 1.54) is 0 Å². The van der Waals surface area contributed by atoms with Gasteiger partial charge in [-0.1, -0.05) is 36.4 Å². The van der Waals surface area contributed by atoms with Crippen LogP contribution in [0.3, 0.4) is 0 Å². The maximum absolute atomic E-state index is 9.89. The van der Waals surface area contributed by atoms with Crippen molar-refractivity contribution in [3.8, 4) is 12.1 Å². The SMILES string of the molecule is Cc1ccccc1C1C(C#N)=C(N)N2C(=C1C#N)Nc1ccccc12. The summed E-state index contributed by atoms with van der Waals surface area (Å²) < 4.78 is 0. The minimum Gasteiger partial charge on any atom is -0.384 e. The highest BCUT2D eigenvalue weighted by Gasteiger charge is 2.40. The zero-order valence-electron chi connectivity index (χ0n) is 13.6. The number of allylic oxidation sites excluding steroid dienone is 2. The molecule has 0 aliphatic carbocycles. The molecule has 2 aromatic carbocycles. The fourth-order valence-corrected chi connectivity index (χ4v) is 3.53. The number of benzene rings is 2. The van der Waals surface area contributed by atoms with Gasteiger partial charge in [-0.25, -0.2) is 0 Å². The highest BCUT2D eigenvalue weighted by molar-refractivity contribution is 5.86. The van der Waals surface area contributed by atoms with E-state index in [9.17, 15) is 10.5 Å². The Morgan fingerprint density at radius 2 is 1.68 bits per heavy atom. The molecule has 5 heteroatoms. The molecule has 2 heterocycles. The lowest BCUT2D eigenvalue weighted by molar-refractivity contribution is 0.862. The normalized spacial score (nSPS) is 18.2. The topological polar surface area (TPSA) is 88.9 Å². The van der Waals surface area contributed by atoms with Crippen LogP contribution in [0.1, 0.15) is 17.0 Å². The molecule has 0 amide bonds. The van der Waals surface area contributed by atoms with Crippen molar-refractivity contribution < 1.29 is 0 Å². The number of nitrogens with one attached hydrogen (secondary N) is 1. The zero-order chi connectivity index (χ0) is 17.6. The minimum atomic E-state index is -0.468. The molecule has 120 valence electrons. The second kappa shape index (κ2) is 5.43. The van der Waals surface area contributed by atoms with Crippen molar-refractivity contribution in [1.29, 1.82) is 10.5 Å². The van der Waals surface area contributed by atoms with E-state index < -0.39 is 5.92 Å². The van der Waals surface area contributed by atoms with E-state index in [-0.39, 0.29) is 0 Å². The summed E-state index contributed by atoms with van der Waals surface area (Å²) in [4.78, 5) is 1.77. The third-order valence-electron chi connectivity index (χ3n) is 4.71. The van der Waals surface area contributed by atoms with Crippen molar-refractivity contribution in [2.24, 2.45) is 5.73 Å². The van der Waals surface area contributed by atoms with Gasteiger partial charge in [-0.15, -0.1) is 0 Å². The summed E-state index contributed by atoms with van der Waals surface area (Å²) in [6.45, 7) is 1.98. The van der Waals surface area contributed by atoms with Gasteiger partial charge in [0.2, 0.25) is 0 Å². The van der Waals surface area contributed by atoms with Crippen molar-refractivity contribution in [3.05, 3.63) is 82.4 Å². The van der Waals surface area contributed by atoms with Gasteiger partial charge in [0.05, 0.1) is 40.6 Å². The summed E-state index contributed by atoms with van der Waals surface area (Å²) in [5.41, 5.74) is 10.9. The summed E-state index contributed by atoms with van der Waals surface area (Å²) in [6, 6.07) is 20.0. The lowest BCUT2D eigenvalue weighted by Crippen LogP contribution is -2.34. The number of nitriles is 2. The van der Waals surface area contributed by atoms with Crippen LogP contribution in [0.15, 0.2) is 71.3 Å². The van der Waals surface area contributed by atoms with Gasteiger partial charge >= 0.3 is 0 Å². The summed E-state index contributed by atoms with van der Waals surface area (Å²) in [5.74, 6) is 0.528. The van der Waals surface area contributed by atoms with Crippen molar-refractivity contribution in [2.45, 2.75) is 12.8 Å².